The predicted octanol–water partition coefficient (Wildman–Crippen LogP) is 2.59. The van der Waals surface area contributed by atoms with Crippen LogP contribution in [0.3, 0.4) is 0 Å². The minimum absolute atomic E-state index is 0.0318. The average Bonchev–Trinajstić information content (AvgIpc) is 2.61. The van der Waals surface area contributed by atoms with Crippen LogP contribution in [0.2, 0.25) is 0 Å². The van der Waals surface area contributed by atoms with Crippen LogP contribution in [0.15, 0.2) is 53.4 Å². The molecule has 0 spiro atoms. The average molecular weight is 377 g/mol. The topological polar surface area (TPSA) is 81.7 Å². The van der Waals surface area contributed by atoms with Crippen LogP contribution in [0.5, 0.6) is 5.75 Å². The Balaban J connectivity index is 1.82. The minimum atomic E-state index is -3.77. The lowest BCUT2D eigenvalue weighted by molar-refractivity contribution is -0.145. The van der Waals surface area contributed by atoms with Crippen LogP contribution in [-0.4, -0.2) is 33.6 Å². The molecule has 2 aromatic carbocycles. The van der Waals surface area contributed by atoms with E-state index in [0.29, 0.717) is 0 Å². The second-order valence-corrected chi connectivity index (χ2v) is 7.61. The van der Waals surface area contributed by atoms with Gasteiger partial charge in [0.25, 0.3) is 0 Å². The Morgan fingerprint density at radius 3 is 2.23 bits per heavy atom. The standard InChI is InChI=1S/C19H23NO5S/c1-14-8-7-9-15(2)18(14)24-12-13-25-19(21)16(3)20-26(22,23)17-10-5-4-6-11-17/h4-11,16,20H,12-13H2,1-3H3/t16-/m0/s1. The van der Waals surface area contributed by atoms with E-state index in [1.807, 2.05) is 32.0 Å². The number of sulfonamides is 1. The first-order chi connectivity index (χ1) is 12.3. The van der Waals surface area contributed by atoms with Crippen molar-refractivity contribution in [3.05, 3.63) is 59.7 Å². The number of carbonyl (C=O) groups is 1. The molecule has 140 valence electrons. The highest BCUT2D eigenvalue weighted by molar-refractivity contribution is 7.89. The van der Waals surface area contributed by atoms with E-state index in [2.05, 4.69) is 4.72 Å². The van der Waals surface area contributed by atoms with Crippen LogP contribution in [0.1, 0.15) is 18.1 Å². The molecular weight excluding hydrogens is 354 g/mol. The van der Waals surface area contributed by atoms with Gasteiger partial charge in [-0.2, -0.15) is 4.72 Å². The van der Waals surface area contributed by atoms with Crippen molar-refractivity contribution in [2.75, 3.05) is 13.2 Å². The molecule has 0 unspecified atom stereocenters. The zero-order valence-corrected chi connectivity index (χ0v) is 15.9. The summed E-state index contributed by atoms with van der Waals surface area (Å²) < 4.78 is 37.4. The highest BCUT2D eigenvalue weighted by Gasteiger charge is 2.22. The SMILES string of the molecule is Cc1cccc(C)c1OCCOC(=O)[C@H](C)NS(=O)(=O)c1ccccc1. The molecule has 1 atom stereocenters. The lowest BCUT2D eigenvalue weighted by Gasteiger charge is -2.15. The summed E-state index contributed by atoms with van der Waals surface area (Å²) in [6, 6.07) is 12.7. The van der Waals surface area contributed by atoms with Gasteiger partial charge < -0.3 is 9.47 Å². The predicted molar refractivity (Wildman–Crippen MR) is 98.6 cm³/mol. The first-order valence-corrected chi connectivity index (χ1v) is 9.72. The molecule has 0 aliphatic carbocycles. The molecule has 0 amide bonds. The first kappa shape index (κ1) is 19.9. The molecule has 26 heavy (non-hydrogen) atoms. The second-order valence-electron chi connectivity index (χ2n) is 5.89. The maximum Gasteiger partial charge on any atom is 0.324 e. The summed E-state index contributed by atoms with van der Waals surface area (Å²) in [7, 11) is -3.77. The normalized spacial score (nSPS) is 12.4. The van der Waals surface area contributed by atoms with Gasteiger partial charge in [-0.3, -0.25) is 4.79 Å². The maximum absolute atomic E-state index is 12.2. The number of ether oxygens (including phenoxy) is 2. The zero-order chi connectivity index (χ0) is 19.2. The quantitative estimate of drug-likeness (QED) is 0.565. The minimum Gasteiger partial charge on any atom is -0.489 e. The van der Waals surface area contributed by atoms with Crippen molar-refractivity contribution in [3.63, 3.8) is 0 Å². The molecule has 0 saturated heterocycles. The summed E-state index contributed by atoms with van der Waals surface area (Å²) in [5, 5.41) is 0. The third-order valence-corrected chi connectivity index (χ3v) is 5.28. The maximum atomic E-state index is 12.2. The molecule has 0 aromatic heterocycles. The van der Waals surface area contributed by atoms with Crippen molar-refractivity contribution in [1.82, 2.24) is 4.72 Å². The number of nitrogens with one attached hydrogen (secondary N) is 1. The highest BCUT2D eigenvalue weighted by Crippen LogP contribution is 2.22. The Morgan fingerprint density at radius 1 is 1.00 bits per heavy atom. The van der Waals surface area contributed by atoms with Crippen molar-refractivity contribution in [2.24, 2.45) is 0 Å². The monoisotopic (exact) mass is 377 g/mol. The van der Waals surface area contributed by atoms with Gasteiger partial charge in [0.2, 0.25) is 10.0 Å². The van der Waals surface area contributed by atoms with Gasteiger partial charge in [-0.05, 0) is 44.0 Å². The molecular formula is C19H23NO5S. The third-order valence-electron chi connectivity index (χ3n) is 3.72. The highest BCUT2D eigenvalue weighted by atomic mass is 32.2. The van der Waals surface area contributed by atoms with Crippen molar-refractivity contribution in [1.29, 1.82) is 0 Å². The molecule has 0 bridgehead atoms. The lowest BCUT2D eigenvalue weighted by atomic mass is 10.1. The molecule has 2 rings (SSSR count). The number of para-hydroxylation sites is 1. The van der Waals surface area contributed by atoms with Crippen molar-refractivity contribution >= 4 is 16.0 Å². The van der Waals surface area contributed by atoms with E-state index in [-0.39, 0.29) is 18.1 Å². The van der Waals surface area contributed by atoms with Crippen molar-refractivity contribution < 1.29 is 22.7 Å². The number of benzene rings is 2. The van der Waals surface area contributed by atoms with Gasteiger partial charge >= 0.3 is 5.97 Å². The fourth-order valence-corrected chi connectivity index (χ4v) is 3.60. The van der Waals surface area contributed by atoms with E-state index in [0.717, 1.165) is 16.9 Å². The molecule has 0 radical (unpaired) electrons. The Bertz CT molecular complexity index is 829. The zero-order valence-electron chi connectivity index (χ0n) is 15.1. The van der Waals surface area contributed by atoms with E-state index in [1.165, 1.54) is 19.1 Å². The van der Waals surface area contributed by atoms with Crippen LogP contribution in [-0.2, 0) is 19.6 Å². The molecule has 2 aromatic rings. The number of carbonyl (C=O) groups excluding carboxylic acids is 1. The Morgan fingerprint density at radius 2 is 1.62 bits per heavy atom. The summed E-state index contributed by atoms with van der Waals surface area (Å²) in [5.74, 6) is 0.107. The number of esters is 1. The van der Waals surface area contributed by atoms with E-state index < -0.39 is 22.0 Å². The molecule has 0 fully saturated rings. The molecule has 0 saturated carbocycles. The van der Waals surface area contributed by atoms with E-state index in [4.69, 9.17) is 9.47 Å². The summed E-state index contributed by atoms with van der Waals surface area (Å²) in [6.07, 6.45) is 0. The molecule has 0 heterocycles. The van der Waals surface area contributed by atoms with E-state index >= 15 is 0 Å². The van der Waals surface area contributed by atoms with Gasteiger partial charge in [0.1, 0.15) is 25.0 Å². The fraction of sp³-hybridized carbons (Fsp3) is 0.316. The summed E-state index contributed by atoms with van der Waals surface area (Å²) in [5.41, 5.74) is 2.00. The summed E-state index contributed by atoms with van der Waals surface area (Å²) >= 11 is 0. The van der Waals surface area contributed by atoms with Gasteiger partial charge in [0.05, 0.1) is 4.90 Å². The van der Waals surface area contributed by atoms with Crippen molar-refractivity contribution in [3.8, 4) is 5.75 Å². The Hall–Kier alpha value is -2.38. The molecule has 0 aliphatic heterocycles. The molecule has 0 aliphatic rings. The van der Waals surface area contributed by atoms with E-state index in [1.54, 1.807) is 18.2 Å². The van der Waals surface area contributed by atoms with Gasteiger partial charge in [0.15, 0.2) is 0 Å². The Kier molecular flexibility index (Phi) is 6.76. The molecule has 1 N–H and O–H groups in total. The van der Waals surface area contributed by atoms with Crippen LogP contribution >= 0.6 is 0 Å². The van der Waals surface area contributed by atoms with Gasteiger partial charge in [-0.25, -0.2) is 8.42 Å². The number of hydrogen-bond acceptors (Lipinski definition) is 5. The Labute approximate surface area is 154 Å². The van der Waals surface area contributed by atoms with Crippen LogP contribution < -0.4 is 9.46 Å². The lowest BCUT2D eigenvalue weighted by Crippen LogP contribution is -2.39. The van der Waals surface area contributed by atoms with Gasteiger partial charge in [-0.15, -0.1) is 0 Å². The van der Waals surface area contributed by atoms with Crippen LogP contribution in [0, 0.1) is 13.8 Å². The fourth-order valence-electron chi connectivity index (χ4n) is 2.39. The van der Waals surface area contributed by atoms with Crippen molar-refractivity contribution in [2.45, 2.75) is 31.7 Å². The smallest absolute Gasteiger partial charge is 0.324 e. The number of hydrogen-bond donors (Lipinski definition) is 1. The molecule has 6 nitrogen and oxygen atoms in total. The van der Waals surface area contributed by atoms with Crippen LogP contribution in [0.25, 0.3) is 0 Å². The van der Waals surface area contributed by atoms with Gasteiger partial charge in [-0.1, -0.05) is 36.4 Å². The first-order valence-electron chi connectivity index (χ1n) is 8.24. The summed E-state index contributed by atoms with van der Waals surface area (Å²) in [6.45, 7) is 5.54. The summed E-state index contributed by atoms with van der Waals surface area (Å²) in [4.78, 5) is 12.1. The number of aryl methyl sites for hydroxylation is 2. The second kappa shape index (κ2) is 8.82. The third kappa shape index (κ3) is 5.31. The van der Waals surface area contributed by atoms with Crippen LogP contribution in [0.4, 0.5) is 0 Å². The van der Waals surface area contributed by atoms with E-state index in [9.17, 15) is 13.2 Å². The van der Waals surface area contributed by atoms with Gasteiger partial charge in [0, 0.05) is 0 Å². The number of rotatable bonds is 8. The largest absolute Gasteiger partial charge is 0.489 e. The molecule has 7 heteroatoms.